The van der Waals surface area contributed by atoms with Crippen LogP contribution in [0, 0.1) is 0 Å². The number of hydrogen-bond acceptors (Lipinski definition) is 1. The third kappa shape index (κ3) is 3.21. The highest BCUT2D eigenvalue weighted by Gasteiger charge is 2.84. The van der Waals surface area contributed by atoms with E-state index >= 15 is 0 Å². The predicted molar refractivity (Wildman–Crippen MR) is 51.2 cm³/mol. The zero-order valence-corrected chi connectivity index (χ0v) is 11.0. The summed E-state index contributed by atoms with van der Waals surface area (Å²) in [5, 5.41) is 0. The quantitative estimate of drug-likeness (QED) is 0.644. The Balaban J connectivity index is 6.17. The summed E-state index contributed by atoms with van der Waals surface area (Å²) in [6, 6.07) is 0. The molecule has 0 spiro atoms. The molecule has 0 bridgehead atoms. The maximum Gasteiger partial charge on any atom is 0.459 e. The second-order valence-electron chi connectivity index (χ2n) is 4.50. The Morgan fingerprint density at radius 2 is 1.19 bits per heavy atom. The highest BCUT2D eigenvalue weighted by molar-refractivity contribution is 5.07. The molecule has 1 nitrogen and oxygen atoms in total. The fourth-order valence-electron chi connectivity index (χ4n) is 1.20. The van der Waals surface area contributed by atoms with Gasteiger partial charge in [-0.1, -0.05) is 6.92 Å². The van der Waals surface area contributed by atoms with Crippen LogP contribution in [0.15, 0.2) is 0 Å². The van der Waals surface area contributed by atoms with Crippen LogP contribution in [0.5, 0.6) is 0 Å². The molecule has 0 saturated heterocycles. The van der Waals surface area contributed by atoms with Crippen molar-refractivity contribution >= 4 is 0 Å². The molecule has 0 rings (SSSR count). The molecule has 128 valence electrons. The summed E-state index contributed by atoms with van der Waals surface area (Å²) in [4.78, 5) is 0. The first-order valence-corrected chi connectivity index (χ1v) is 5.52. The SMILES string of the molecule is CCC(C)OC(F)(C(C)(F)C(F)(F)F)C(F)(F)C(F)(F)F. The molecule has 3 unspecified atom stereocenters. The molecule has 21 heavy (non-hydrogen) atoms. The smallest absolute Gasteiger partial charge is 0.335 e. The lowest BCUT2D eigenvalue weighted by molar-refractivity contribution is -0.443. The standard InChI is InChI=1S/C10H12F10O/c1-4-5(2)21-8(14,6(3,11)9(15,16)17)7(12,13)10(18,19)20/h5H,4H2,1-3H3. The molecule has 0 aromatic heterocycles. The van der Waals surface area contributed by atoms with Crippen LogP contribution >= 0.6 is 0 Å². The van der Waals surface area contributed by atoms with Gasteiger partial charge in [-0.3, -0.25) is 0 Å². The van der Waals surface area contributed by atoms with Gasteiger partial charge in [-0.15, -0.1) is 0 Å². The monoisotopic (exact) mass is 338 g/mol. The number of ether oxygens (including phenoxy) is 1. The van der Waals surface area contributed by atoms with Crippen molar-refractivity contribution in [3.8, 4) is 0 Å². The maximum atomic E-state index is 14.0. The van der Waals surface area contributed by atoms with Crippen molar-refractivity contribution in [3.05, 3.63) is 0 Å². The van der Waals surface area contributed by atoms with E-state index in [4.69, 9.17) is 0 Å². The summed E-state index contributed by atoms with van der Waals surface area (Å²) in [6.07, 6.45) is -15.4. The minimum absolute atomic E-state index is 0.423. The highest BCUT2D eigenvalue weighted by Crippen LogP contribution is 2.57. The van der Waals surface area contributed by atoms with Crippen LogP contribution in [-0.2, 0) is 4.74 Å². The van der Waals surface area contributed by atoms with E-state index < -0.39 is 49.2 Å². The lowest BCUT2D eigenvalue weighted by Gasteiger charge is -2.43. The molecule has 0 aromatic rings. The summed E-state index contributed by atoms with van der Waals surface area (Å²) < 4.78 is 131. The summed E-state index contributed by atoms with van der Waals surface area (Å²) in [7, 11) is 0. The van der Waals surface area contributed by atoms with Crippen molar-refractivity contribution < 1.29 is 48.6 Å². The lowest BCUT2D eigenvalue weighted by atomic mass is 9.91. The van der Waals surface area contributed by atoms with Crippen LogP contribution in [0.2, 0.25) is 0 Å². The second kappa shape index (κ2) is 5.47. The van der Waals surface area contributed by atoms with Gasteiger partial charge in [0.25, 0.3) is 5.67 Å². The van der Waals surface area contributed by atoms with Gasteiger partial charge in [0, 0.05) is 0 Å². The Hall–Kier alpha value is -0.740. The molecular weight excluding hydrogens is 326 g/mol. The third-order valence-corrected chi connectivity index (χ3v) is 2.83. The van der Waals surface area contributed by atoms with Crippen LogP contribution in [0.25, 0.3) is 0 Å². The van der Waals surface area contributed by atoms with Crippen molar-refractivity contribution in [1.82, 2.24) is 0 Å². The molecule has 3 atom stereocenters. The van der Waals surface area contributed by atoms with E-state index in [0.717, 1.165) is 13.8 Å². The fraction of sp³-hybridized carbons (Fsp3) is 1.00. The largest absolute Gasteiger partial charge is 0.459 e. The summed E-state index contributed by atoms with van der Waals surface area (Å²) in [5.74, 6) is -12.7. The fourth-order valence-corrected chi connectivity index (χ4v) is 1.20. The molecule has 0 N–H and O–H groups in total. The molecule has 0 heterocycles. The summed E-state index contributed by atoms with van der Waals surface area (Å²) in [6.45, 7) is 1.07. The number of hydrogen-bond donors (Lipinski definition) is 0. The average Bonchev–Trinajstić information content (AvgIpc) is 2.24. The van der Waals surface area contributed by atoms with Crippen molar-refractivity contribution in [3.63, 3.8) is 0 Å². The van der Waals surface area contributed by atoms with E-state index in [9.17, 15) is 43.9 Å². The number of halogens is 10. The topological polar surface area (TPSA) is 9.23 Å². The Kier molecular flexibility index (Phi) is 5.28. The van der Waals surface area contributed by atoms with E-state index in [-0.39, 0.29) is 0 Å². The first kappa shape index (κ1) is 20.3. The molecule has 0 aliphatic carbocycles. The Morgan fingerprint density at radius 1 is 0.810 bits per heavy atom. The van der Waals surface area contributed by atoms with E-state index in [1.165, 1.54) is 0 Å². The van der Waals surface area contributed by atoms with Crippen molar-refractivity contribution in [2.45, 2.75) is 63.1 Å². The molecule has 0 aliphatic rings. The molecule has 0 fully saturated rings. The molecular formula is C10H12F10O. The van der Waals surface area contributed by atoms with Crippen LogP contribution < -0.4 is 0 Å². The first-order chi connectivity index (χ1) is 8.95. The van der Waals surface area contributed by atoms with Gasteiger partial charge in [0.15, 0.2) is 0 Å². The van der Waals surface area contributed by atoms with Crippen LogP contribution in [-0.4, -0.2) is 35.9 Å². The predicted octanol–water partition coefficient (Wildman–Crippen LogP) is 4.96. The van der Waals surface area contributed by atoms with Crippen molar-refractivity contribution in [2.75, 3.05) is 0 Å². The van der Waals surface area contributed by atoms with E-state index in [2.05, 4.69) is 4.74 Å². The number of rotatable bonds is 5. The molecule has 11 heteroatoms. The van der Waals surface area contributed by atoms with Gasteiger partial charge in [0.1, 0.15) is 0 Å². The van der Waals surface area contributed by atoms with E-state index in [0.29, 0.717) is 0 Å². The van der Waals surface area contributed by atoms with E-state index in [1.54, 1.807) is 0 Å². The zero-order chi connectivity index (χ0) is 17.5. The zero-order valence-electron chi connectivity index (χ0n) is 11.0. The Bertz CT molecular complexity index is 330. The minimum Gasteiger partial charge on any atom is -0.335 e. The normalized spacial score (nSPS) is 21.6. The van der Waals surface area contributed by atoms with Gasteiger partial charge in [-0.25, -0.2) is 8.78 Å². The molecule has 0 saturated carbocycles. The van der Waals surface area contributed by atoms with Crippen molar-refractivity contribution in [2.24, 2.45) is 0 Å². The van der Waals surface area contributed by atoms with Crippen LogP contribution in [0.4, 0.5) is 43.9 Å². The Morgan fingerprint density at radius 3 is 1.43 bits per heavy atom. The Labute approximate surface area is 113 Å². The van der Waals surface area contributed by atoms with Crippen LogP contribution in [0.1, 0.15) is 27.2 Å². The lowest BCUT2D eigenvalue weighted by Crippen LogP contribution is -2.70. The minimum atomic E-state index is -6.78. The van der Waals surface area contributed by atoms with Gasteiger partial charge in [0.2, 0.25) is 0 Å². The molecule has 0 amide bonds. The maximum absolute atomic E-state index is 14.0. The van der Waals surface area contributed by atoms with Gasteiger partial charge in [0.05, 0.1) is 6.10 Å². The molecule has 0 radical (unpaired) electrons. The second-order valence-corrected chi connectivity index (χ2v) is 4.50. The van der Waals surface area contributed by atoms with Crippen LogP contribution in [0.3, 0.4) is 0 Å². The summed E-state index contributed by atoms with van der Waals surface area (Å²) >= 11 is 0. The van der Waals surface area contributed by atoms with Gasteiger partial charge >= 0.3 is 24.1 Å². The van der Waals surface area contributed by atoms with Crippen molar-refractivity contribution in [1.29, 1.82) is 0 Å². The molecule has 0 aromatic carbocycles. The van der Waals surface area contributed by atoms with Gasteiger partial charge in [-0.2, -0.15) is 35.1 Å². The first-order valence-electron chi connectivity index (χ1n) is 5.52. The average molecular weight is 338 g/mol. The van der Waals surface area contributed by atoms with Gasteiger partial charge in [-0.05, 0) is 20.3 Å². The highest BCUT2D eigenvalue weighted by atomic mass is 19.4. The molecule has 0 aliphatic heterocycles. The van der Waals surface area contributed by atoms with Gasteiger partial charge < -0.3 is 4.74 Å². The van der Waals surface area contributed by atoms with E-state index in [1.807, 2.05) is 0 Å². The third-order valence-electron chi connectivity index (χ3n) is 2.83. The number of alkyl halides is 10. The summed E-state index contributed by atoms with van der Waals surface area (Å²) in [5.41, 5.74) is -5.59.